The van der Waals surface area contributed by atoms with E-state index in [1.807, 2.05) is 0 Å². The summed E-state index contributed by atoms with van der Waals surface area (Å²) >= 11 is 0. The van der Waals surface area contributed by atoms with E-state index >= 15 is 0 Å². The highest BCUT2D eigenvalue weighted by Gasteiger charge is 2.46. The van der Waals surface area contributed by atoms with Crippen molar-refractivity contribution in [3.05, 3.63) is 23.4 Å². The summed E-state index contributed by atoms with van der Waals surface area (Å²) in [4.78, 5) is 44.6. The third-order valence-corrected chi connectivity index (χ3v) is 9.59. The fourth-order valence-corrected chi connectivity index (χ4v) is 7.04. The number of amides is 2. The maximum atomic E-state index is 13.0. The SMILES string of the molecule is O=C(CC[C@@H](NC(=O)C12CCC(CC1)CC2)C(=O)O)N[C@H]1CCN(CCCCc2ccc3c(n2)NCCC3)C1. The zero-order chi connectivity index (χ0) is 27.2. The van der Waals surface area contributed by atoms with Crippen molar-refractivity contribution in [1.82, 2.24) is 20.5 Å². The molecule has 4 N–H and O–H groups in total. The van der Waals surface area contributed by atoms with Crippen molar-refractivity contribution >= 4 is 23.6 Å². The molecule has 1 aromatic heterocycles. The molecule has 2 aliphatic heterocycles. The van der Waals surface area contributed by atoms with Crippen LogP contribution in [0.15, 0.2) is 12.1 Å². The first-order valence-corrected chi connectivity index (χ1v) is 15.2. The summed E-state index contributed by atoms with van der Waals surface area (Å²) in [6.07, 6.45) is 12.3. The molecule has 1 saturated heterocycles. The summed E-state index contributed by atoms with van der Waals surface area (Å²) in [6.45, 7) is 3.80. The van der Waals surface area contributed by atoms with Gasteiger partial charge in [-0.1, -0.05) is 6.07 Å². The molecule has 0 aromatic carbocycles. The molecule has 3 saturated carbocycles. The monoisotopic (exact) mass is 539 g/mol. The van der Waals surface area contributed by atoms with Crippen molar-refractivity contribution in [3.8, 4) is 0 Å². The van der Waals surface area contributed by atoms with Gasteiger partial charge in [0.15, 0.2) is 0 Å². The number of aromatic nitrogens is 1. The number of carboxylic acid groups (broad SMARTS) is 1. The van der Waals surface area contributed by atoms with Crippen LogP contribution in [0, 0.1) is 11.3 Å². The second kappa shape index (κ2) is 12.7. The summed E-state index contributed by atoms with van der Waals surface area (Å²) in [5.41, 5.74) is 2.08. The zero-order valence-corrected chi connectivity index (χ0v) is 23.2. The summed E-state index contributed by atoms with van der Waals surface area (Å²) in [5, 5.41) is 19.0. The maximum absolute atomic E-state index is 13.0. The second-order valence-corrected chi connectivity index (χ2v) is 12.3. The molecule has 0 radical (unpaired) electrons. The van der Waals surface area contributed by atoms with Gasteiger partial charge in [0.05, 0.1) is 0 Å². The topological polar surface area (TPSA) is 124 Å². The van der Waals surface area contributed by atoms with Gasteiger partial charge in [0.2, 0.25) is 11.8 Å². The van der Waals surface area contributed by atoms with Gasteiger partial charge >= 0.3 is 5.97 Å². The molecule has 39 heavy (non-hydrogen) atoms. The van der Waals surface area contributed by atoms with Gasteiger partial charge in [-0.3, -0.25) is 9.59 Å². The Morgan fingerprint density at radius 1 is 1.13 bits per heavy atom. The van der Waals surface area contributed by atoms with Crippen molar-refractivity contribution in [1.29, 1.82) is 0 Å². The van der Waals surface area contributed by atoms with E-state index in [9.17, 15) is 19.5 Å². The van der Waals surface area contributed by atoms with Crippen LogP contribution in [0.3, 0.4) is 0 Å². The van der Waals surface area contributed by atoms with E-state index in [0.717, 1.165) is 114 Å². The Bertz CT molecular complexity index is 1020. The number of likely N-dealkylation sites (tertiary alicyclic amines) is 1. The normalized spacial score (nSPS) is 26.9. The van der Waals surface area contributed by atoms with Gasteiger partial charge in [0, 0.05) is 43.2 Å². The lowest BCUT2D eigenvalue weighted by Gasteiger charge is -2.45. The number of hydrogen-bond acceptors (Lipinski definition) is 6. The van der Waals surface area contributed by atoms with E-state index in [1.54, 1.807) is 0 Å². The fourth-order valence-electron chi connectivity index (χ4n) is 7.04. The molecule has 0 unspecified atom stereocenters. The number of pyridine rings is 1. The van der Waals surface area contributed by atoms with Crippen LogP contribution < -0.4 is 16.0 Å². The number of carbonyl (C=O) groups is 3. The standard InChI is InChI=1S/C30H45N5O4/c36-26(9-8-25(28(37)38)34-29(39)30-14-10-21(11-15-30)12-16-30)32-24-13-19-35(20-24)18-2-1-5-23-7-6-22-4-3-17-31-27(22)33-23/h6-7,21,24-25H,1-5,8-20H2,(H,31,33)(H,32,36)(H,34,39)(H,37,38)/t21?,24-,25+,30?/m0/s1. The van der Waals surface area contributed by atoms with E-state index in [4.69, 9.17) is 4.98 Å². The first kappa shape index (κ1) is 27.9. The molecule has 2 atom stereocenters. The highest BCUT2D eigenvalue weighted by Crippen LogP contribution is 2.50. The lowest BCUT2D eigenvalue weighted by atomic mass is 9.60. The third-order valence-electron chi connectivity index (χ3n) is 9.59. The Kier molecular flexibility index (Phi) is 9.05. The Hall–Kier alpha value is -2.68. The summed E-state index contributed by atoms with van der Waals surface area (Å²) in [5.74, 6) is 0.472. The van der Waals surface area contributed by atoms with Gasteiger partial charge in [0.25, 0.3) is 0 Å². The second-order valence-electron chi connectivity index (χ2n) is 12.3. The number of aryl methyl sites for hydroxylation is 2. The molecular formula is C30H45N5O4. The first-order chi connectivity index (χ1) is 18.9. The molecule has 2 bridgehead atoms. The van der Waals surface area contributed by atoms with Gasteiger partial charge in [-0.05, 0) is 108 Å². The van der Waals surface area contributed by atoms with Crippen LogP contribution in [0.25, 0.3) is 0 Å². The molecule has 3 aliphatic carbocycles. The van der Waals surface area contributed by atoms with E-state index < -0.39 is 17.4 Å². The number of anilines is 1. The quantitative estimate of drug-likeness (QED) is 0.301. The van der Waals surface area contributed by atoms with Crippen LogP contribution >= 0.6 is 0 Å². The fraction of sp³-hybridized carbons (Fsp3) is 0.733. The predicted octanol–water partition coefficient (Wildman–Crippen LogP) is 3.27. The van der Waals surface area contributed by atoms with Gasteiger partial charge in [-0.25, -0.2) is 9.78 Å². The molecule has 9 nitrogen and oxygen atoms in total. The van der Waals surface area contributed by atoms with Crippen LogP contribution in [0.4, 0.5) is 5.82 Å². The molecule has 3 heterocycles. The van der Waals surface area contributed by atoms with Gasteiger partial charge < -0.3 is 26.0 Å². The predicted molar refractivity (Wildman–Crippen MR) is 149 cm³/mol. The zero-order valence-electron chi connectivity index (χ0n) is 23.2. The molecule has 214 valence electrons. The Labute approximate surface area is 231 Å². The summed E-state index contributed by atoms with van der Waals surface area (Å²) in [7, 11) is 0. The van der Waals surface area contributed by atoms with Gasteiger partial charge in [0.1, 0.15) is 11.9 Å². The van der Waals surface area contributed by atoms with Crippen molar-refractivity contribution in [3.63, 3.8) is 0 Å². The van der Waals surface area contributed by atoms with E-state index in [-0.39, 0.29) is 30.7 Å². The number of carbonyl (C=O) groups excluding carboxylic acids is 2. The van der Waals surface area contributed by atoms with Gasteiger partial charge in [-0.15, -0.1) is 0 Å². The molecule has 2 amide bonds. The highest BCUT2D eigenvalue weighted by molar-refractivity contribution is 5.88. The van der Waals surface area contributed by atoms with Crippen LogP contribution in [0.5, 0.6) is 0 Å². The Morgan fingerprint density at radius 2 is 1.92 bits per heavy atom. The van der Waals surface area contributed by atoms with Crippen molar-refractivity contribution in [2.45, 2.75) is 102 Å². The molecule has 9 heteroatoms. The number of rotatable bonds is 12. The van der Waals surface area contributed by atoms with Crippen LogP contribution in [-0.2, 0) is 27.2 Å². The van der Waals surface area contributed by atoms with Gasteiger partial charge in [-0.2, -0.15) is 0 Å². The number of fused-ring (bicyclic) bond motifs is 4. The lowest BCUT2D eigenvalue weighted by Crippen LogP contribution is -2.52. The van der Waals surface area contributed by atoms with Crippen molar-refractivity contribution < 1.29 is 19.5 Å². The van der Waals surface area contributed by atoms with E-state index in [0.29, 0.717) is 0 Å². The number of carboxylic acids is 1. The van der Waals surface area contributed by atoms with Crippen molar-refractivity contribution in [2.75, 3.05) is 31.5 Å². The Morgan fingerprint density at radius 3 is 2.69 bits per heavy atom. The largest absolute Gasteiger partial charge is 0.480 e. The summed E-state index contributed by atoms with van der Waals surface area (Å²) in [6, 6.07) is 3.45. The molecule has 4 fully saturated rings. The van der Waals surface area contributed by atoms with Crippen molar-refractivity contribution in [2.24, 2.45) is 11.3 Å². The van der Waals surface area contributed by atoms with E-state index in [2.05, 4.69) is 33.0 Å². The number of hydrogen-bond donors (Lipinski definition) is 4. The highest BCUT2D eigenvalue weighted by atomic mass is 16.4. The Balaban J connectivity index is 0.980. The summed E-state index contributed by atoms with van der Waals surface area (Å²) < 4.78 is 0. The minimum absolute atomic E-state index is 0.0973. The third kappa shape index (κ3) is 7.10. The molecule has 1 aromatic rings. The van der Waals surface area contributed by atoms with Crippen LogP contribution in [0.1, 0.15) is 88.3 Å². The average molecular weight is 540 g/mol. The first-order valence-electron chi connectivity index (χ1n) is 15.2. The molecule has 0 spiro atoms. The minimum Gasteiger partial charge on any atom is -0.480 e. The molecular weight excluding hydrogens is 494 g/mol. The minimum atomic E-state index is -1.06. The number of aliphatic carboxylic acids is 1. The van der Waals surface area contributed by atoms with Crippen LogP contribution in [-0.4, -0.2) is 71.0 Å². The van der Waals surface area contributed by atoms with E-state index in [1.165, 1.54) is 12.0 Å². The number of nitrogens with one attached hydrogen (secondary N) is 3. The number of nitrogens with zero attached hydrogens (tertiary/aromatic N) is 2. The smallest absolute Gasteiger partial charge is 0.326 e. The average Bonchev–Trinajstić information content (AvgIpc) is 3.40. The molecule has 6 rings (SSSR count). The number of unbranched alkanes of at least 4 members (excludes halogenated alkanes) is 1. The van der Waals surface area contributed by atoms with Crippen LogP contribution in [0.2, 0.25) is 0 Å². The maximum Gasteiger partial charge on any atom is 0.326 e. The molecule has 5 aliphatic rings. The lowest BCUT2D eigenvalue weighted by molar-refractivity contribution is -0.146.